The lowest BCUT2D eigenvalue weighted by atomic mass is 10.1. The molecule has 1 atom stereocenters. The molecule has 1 saturated carbocycles. The molecule has 116 valence electrons. The second kappa shape index (κ2) is 5.44. The number of rotatable bonds is 4. The fraction of sp³-hybridized carbons (Fsp3) is 0.333. The van der Waals surface area contributed by atoms with Crippen molar-refractivity contribution in [2.24, 2.45) is 5.41 Å². The molecule has 4 nitrogen and oxygen atoms in total. The highest BCUT2D eigenvalue weighted by Gasteiger charge is 2.68. The van der Waals surface area contributed by atoms with E-state index in [-0.39, 0.29) is 5.91 Å². The Morgan fingerprint density at radius 2 is 2.05 bits per heavy atom. The van der Waals surface area contributed by atoms with E-state index in [0.29, 0.717) is 23.8 Å². The summed E-state index contributed by atoms with van der Waals surface area (Å²) < 4.78 is 0.680. The average molecular weight is 359 g/mol. The molecule has 0 bridgehead atoms. The Morgan fingerprint density at radius 3 is 2.68 bits per heavy atom. The van der Waals surface area contributed by atoms with Crippen LogP contribution in [0.25, 0.3) is 0 Å². The Labute approximate surface area is 143 Å². The number of carbonyl (C=O) groups excluding carboxylic acids is 1. The molecule has 1 aromatic carbocycles. The van der Waals surface area contributed by atoms with Gasteiger partial charge in [0.15, 0.2) is 0 Å². The van der Waals surface area contributed by atoms with E-state index in [0.717, 1.165) is 5.56 Å². The van der Waals surface area contributed by atoms with Gasteiger partial charge in [-0.05, 0) is 25.0 Å². The van der Waals surface area contributed by atoms with E-state index in [4.69, 9.17) is 34.8 Å². The summed E-state index contributed by atoms with van der Waals surface area (Å²) in [4.78, 5) is 12.3. The van der Waals surface area contributed by atoms with Gasteiger partial charge >= 0.3 is 0 Å². The van der Waals surface area contributed by atoms with E-state index in [9.17, 15) is 4.79 Å². The number of alkyl halides is 2. The van der Waals surface area contributed by atoms with Gasteiger partial charge in [0.2, 0.25) is 5.91 Å². The zero-order valence-corrected chi connectivity index (χ0v) is 14.1. The van der Waals surface area contributed by atoms with Crippen molar-refractivity contribution in [3.05, 3.63) is 47.1 Å². The standard InChI is InChI=1S/C15H14Cl3N3O/c1-14(9-15(14,17)18)13(22)20-12-6-7-19-21(12)8-10-4-2-3-5-11(10)16/h2-7H,8-9H2,1H3,(H,20,22). The van der Waals surface area contributed by atoms with Gasteiger partial charge in [-0.15, -0.1) is 23.2 Å². The van der Waals surface area contributed by atoms with Crippen molar-refractivity contribution in [2.75, 3.05) is 5.32 Å². The van der Waals surface area contributed by atoms with Crippen LogP contribution in [0.3, 0.4) is 0 Å². The molecule has 3 rings (SSSR count). The Balaban J connectivity index is 1.76. The van der Waals surface area contributed by atoms with Crippen LogP contribution in [-0.2, 0) is 11.3 Å². The lowest BCUT2D eigenvalue weighted by molar-refractivity contribution is -0.120. The molecule has 0 radical (unpaired) electrons. The number of hydrogen-bond donors (Lipinski definition) is 1. The van der Waals surface area contributed by atoms with E-state index >= 15 is 0 Å². The predicted molar refractivity (Wildman–Crippen MR) is 88.6 cm³/mol. The molecule has 0 spiro atoms. The first-order chi connectivity index (χ1) is 10.3. The maximum atomic E-state index is 12.3. The van der Waals surface area contributed by atoms with Crippen LogP contribution in [0.2, 0.25) is 5.02 Å². The van der Waals surface area contributed by atoms with Gasteiger partial charge in [0.1, 0.15) is 10.2 Å². The second-order valence-corrected chi connectivity index (χ2v) is 7.52. The zero-order chi connectivity index (χ0) is 16.0. The van der Waals surface area contributed by atoms with Gasteiger partial charge in [0, 0.05) is 11.1 Å². The van der Waals surface area contributed by atoms with Gasteiger partial charge in [-0.2, -0.15) is 5.10 Å². The SMILES string of the molecule is CC1(C(=O)Nc2ccnn2Cc2ccccc2Cl)CC1(Cl)Cl. The average Bonchev–Trinajstić information content (AvgIpc) is 2.80. The third-order valence-corrected chi connectivity index (χ3v) is 5.47. The van der Waals surface area contributed by atoms with Crippen molar-refractivity contribution in [2.45, 2.75) is 24.2 Å². The highest BCUT2D eigenvalue weighted by atomic mass is 35.5. The lowest BCUT2D eigenvalue weighted by Gasteiger charge is -2.14. The van der Waals surface area contributed by atoms with E-state index in [2.05, 4.69) is 10.4 Å². The maximum Gasteiger partial charge on any atom is 0.234 e. The molecule has 0 saturated heterocycles. The summed E-state index contributed by atoms with van der Waals surface area (Å²) in [6, 6.07) is 9.24. The van der Waals surface area contributed by atoms with Crippen molar-refractivity contribution in [3.8, 4) is 0 Å². The minimum Gasteiger partial charge on any atom is -0.310 e. The number of anilines is 1. The Hall–Kier alpha value is -1.23. The topological polar surface area (TPSA) is 46.9 Å². The van der Waals surface area contributed by atoms with Gasteiger partial charge in [-0.3, -0.25) is 4.79 Å². The van der Waals surface area contributed by atoms with Crippen LogP contribution in [-0.4, -0.2) is 20.0 Å². The largest absolute Gasteiger partial charge is 0.310 e. The minimum atomic E-state index is -0.995. The molecule has 1 unspecified atom stereocenters. The number of amides is 1. The van der Waals surface area contributed by atoms with Gasteiger partial charge in [-0.1, -0.05) is 29.8 Å². The van der Waals surface area contributed by atoms with Crippen molar-refractivity contribution >= 4 is 46.5 Å². The van der Waals surface area contributed by atoms with Gasteiger partial charge < -0.3 is 5.32 Å². The molecule has 1 heterocycles. The summed E-state index contributed by atoms with van der Waals surface area (Å²) in [6.45, 7) is 2.21. The van der Waals surface area contributed by atoms with Gasteiger partial charge in [0.25, 0.3) is 0 Å². The lowest BCUT2D eigenvalue weighted by Crippen LogP contribution is -2.27. The van der Waals surface area contributed by atoms with Crippen molar-refractivity contribution in [1.82, 2.24) is 9.78 Å². The summed E-state index contributed by atoms with van der Waals surface area (Å²) in [5.41, 5.74) is 0.153. The molecule has 1 N–H and O–H groups in total. The maximum absolute atomic E-state index is 12.3. The third-order valence-electron chi connectivity index (χ3n) is 4.00. The van der Waals surface area contributed by atoms with Gasteiger partial charge in [-0.25, -0.2) is 4.68 Å². The van der Waals surface area contributed by atoms with Crippen molar-refractivity contribution in [1.29, 1.82) is 0 Å². The van der Waals surface area contributed by atoms with E-state index in [1.54, 1.807) is 23.9 Å². The normalized spacial score (nSPS) is 22.4. The highest BCUT2D eigenvalue weighted by molar-refractivity contribution is 6.53. The number of nitrogens with one attached hydrogen (secondary N) is 1. The van der Waals surface area contributed by atoms with Gasteiger partial charge in [0.05, 0.1) is 18.2 Å². The first-order valence-electron chi connectivity index (χ1n) is 6.78. The first-order valence-corrected chi connectivity index (χ1v) is 7.91. The zero-order valence-electron chi connectivity index (χ0n) is 11.8. The van der Waals surface area contributed by atoms with Crippen LogP contribution >= 0.6 is 34.8 Å². The smallest absolute Gasteiger partial charge is 0.234 e. The number of hydrogen-bond acceptors (Lipinski definition) is 2. The first kappa shape index (κ1) is 15.7. The minimum absolute atomic E-state index is 0.210. The molecule has 1 aliphatic carbocycles. The quantitative estimate of drug-likeness (QED) is 0.836. The van der Waals surface area contributed by atoms with Crippen LogP contribution in [0.4, 0.5) is 5.82 Å². The number of benzene rings is 1. The summed E-state index contributed by atoms with van der Waals surface area (Å²) in [5.74, 6) is 0.376. The molecule has 1 aromatic heterocycles. The van der Waals surface area contributed by atoms with E-state index < -0.39 is 9.75 Å². The number of halogens is 3. The molecule has 1 aliphatic rings. The molecule has 1 fully saturated rings. The monoisotopic (exact) mass is 357 g/mol. The van der Waals surface area contributed by atoms with Crippen LogP contribution in [0.15, 0.2) is 36.5 Å². The molecule has 7 heteroatoms. The molecule has 22 heavy (non-hydrogen) atoms. The summed E-state index contributed by atoms with van der Waals surface area (Å²) in [6.07, 6.45) is 2.06. The summed E-state index contributed by atoms with van der Waals surface area (Å²) in [5, 5.41) is 7.72. The molecule has 2 aromatic rings. The van der Waals surface area contributed by atoms with Crippen molar-refractivity contribution in [3.63, 3.8) is 0 Å². The predicted octanol–water partition coefficient (Wildman–Crippen LogP) is 4.11. The summed E-state index contributed by atoms with van der Waals surface area (Å²) >= 11 is 18.2. The Morgan fingerprint density at radius 1 is 1.36 bits per heavy atom. The fourth-order valence-electron chi connectivity index (χ4n) is 2.25. The molecular weight excluding hydrogens is 345 g/mol. The number of nitrogens with zero attached hydrogens (tertiary/aromatic N) is 2. The number of carbonyl (C=O) groups is 1. The molecular formula is C15H14Cl3N3O. The van der Waals surface area contributed by atoms with E-state index in [1.165, 1.54) is 0 Å². The third kappa shape index (κ3) is 2.71. The Bertz CT molecular complexity index is 728. The van der Waals surface area contributed by atoms with E-state index in [1.807, 2.05) is 24.3 Å². The Kier molecular flexibility index (Phi) is 3.87. The van der Waals surface area contributed by atoms with Crippen LogP contribution < -0.4 is 5.32 Å². The van der Waals surface area contributed by atoms with Crippen LogP contribution in [0.1, 0.15) is 18.9 Å². The van der Waals surface area contributed by atoms with Crippen LogP contribution in [0, 0.1) is 5.41 Å². The fourth-order valence-corrected chi connectivity index (χ4v) is 3.15. The second-order valence-electron chi connectivity index (χ2n) is 5.63. The highest BCUT2D eigenvalue weighted by Crippen LogP contribution is 2.64. The number of aromatic nitrogens is 2. The summed E-state index contributed by atoms with van der Waals surface area (Å²) in [7, 11) is 0. The molecule has 0 aliphatic heterocycles. The van der Waals surface area contributed by atoms with Crippen LogP contribution in [0.5, 0.6) is 0 Å². The molecule has 1 amide bonds. The van der Waals surface area contributed by atoms with Crippen molar-refractivity contribution < 1.29 is 4.79 Å².